The van der Waals surface area contributed by atoms with Gasteiger partial charge in [0.05, 0.1) is 5.02 Å². The van der Waals surface area contributed by atoms with Crippen molar-refractivity contribution in [3.05, 3.63) is 64.1 Å². The SMILES string of the molecule is O=C(Cl)/C=C/c1ccccc1Sc1ccc(Cl)cc1Cl. The second-order valence-corrected chi connectivity index (χ2v) is 6.15. The minimum absolute atomic E-state index is 0.505. The van der Waals surface area contributed by atoms with E-state index in [9.17, 15) is 4.79 Å². The van der Waals surface area contributed by atoms with Gasteiger partial charge in [-0.2, -0.15) is 0 Å². The van der Waals surface area contributed by atoms with Gasteiger partial charge in [0, 0.05) is 14.8 Å². The van der Waals surface area contributed by atoms with Crippen molar-refractivity contribution < 1.29 is 4.79 Å². The molecule has 5 heteroatoms. The summed E-state index contributed by atoms with van der Waals surface area (Å²) in [5, 5.41) is 0.685. The molecule has 0 N–H and O–H groups in total. The van der Waals surface area contributed by atoms with Crippen LogP contribution in [-0.4, -0.2) is 5.24 Å². The normalized spacial score (nSPS) is 10.9. The Morgan fingerprint density at radius 1 is 1.05 bits per heavy atom. The second kappa shape index (κ2) is 7.19. The predicted octanol–water partition coefficient (Wildman–Crippen LogP) is 5.92. The third-order valence-corrected chi connectivity index (χ3v) is 4.38. The Morgan fingerprint density at radius 3 is 2.50 bits per heavy atom. The quantitative estimate of drug-likeness (QED) is 0.506. The molecule has 0 aliphatic rings. The van der Waals surface area contributed by atoms with Gasteiger partial charge in [-0.05, 0) is 53.6 Å². The second-order valence-electron chi connectivity index (χ2n) is 3.85. The number of hydrogen-bond acceptors (Lipinski definition) is 2. The maximum Gasteiger partial charge on any atom is 0.245 e. The monoisotopic (exact) mass is 342 g/mol. The maximum absolute atomic E-state index is 10.8. The third kappa shape index (κ3) is 4.29. The van der Waals surface area contributed by atoms with Crippen LogP contribution in [0.2, 0.25) is 10.0 Å². The van der Waals surface area contributed by atoms with Gasteiger partial charge >= 0.3 is 0 Å². The molecule has 0 radical (unpaired) electrons. The van der Waals surface area contributed by atoms with Gasteiger partial charge in [-0.3, -0.25) is 4.79 Å². The third-order valence-electron chi connectivity index (χ3n) is 2.43. The maximum atomic E-state index is 10.8. The average Bonchev–Trinajstić information content (AvgIpc) is 2.41. The molecule has 0 aromatic heterocycles. The molecule has 0 fully saturated rings. The lowest BCUT2D eigenvalue weighted by molar-refractivity contribution is -0.107. The van der Waals surface area contributed by atoms with Gasteiger partial charge < -0.3 is 0 Å². The van der Waals surface area contributed by atoms with E-state index in [0.29, 0.717) is 10.0 Å². The number of carbonyl (C=O) groups excluding carboxylic acids is 1. The van der Waals surface area contributed by atoms with Crippen LogP contribution in [0.5, 0.6) is 0 Å². The lowest BCUT2D eigenvalue weighted by atomic mass is 10.2. The van der Waals surface area contributed by atoms with Gasteiger partial charge in [0.15, 0.2) is 0 Å². The first-order chi connectivity index (χ1) is 9.56. The van der Waals surface area contributed by atoms with Gasteiger partial charge in [0.25, 0.3) is 0 Å². The van der Waals surface area contributed by atoms with Crippen molar-refractivity contribution in [2.45, 2.75) is 9.79 Å². The van der Waals surface area contributed by atoms with Gasteiger partial charge in [-0.25, -0.2) is 0 Å². The Hall–Kier alpha value is -0.930. The van der Waals surface area contributed by atoms with Crippen LogP contribution in [-0.2, 0) is 4.79 Å². The van der Waals surface area contributed by atoms with E-state index < -0.39 is 5.24 Å². The molecule has 102 valence electrons. The minimum atomic E-state index is -0.505. The number of allylic oxidation sites excluding steroid dienone is 1. The fourth-order valence-corrected chi connectivity index (χ4v) is 3.06. The van der Waals surface area contributed by atoms with Crippen molar-refractivity contribution >= 4 is 57.9 Å². The van der Waals surface area contributed by atoms with E-state index in [4.69, 9.17) is 34.8 Å². The number of rotatable bonds is 4. The van der Waals surface area contributed by atoms with Crippen molar-refractivity contribution in [1.82, 2.24) is 0 Å². The van der Waals surface area contributed by atoms with Crippen LogP contribution < -0.4 is 0 Å². The van der Waals surface area contributed by atoms with Crippen molar-refractivity contribution in [3.63, 3.8) is 0 Å². The fourth-order valence-electron chi connectivity index (χ4n) is 1.54. The van der Waals surface area contributed by atoms with Gasteiger partial charge in [0.1, 0.15) is 0 Å². The first kappa shape index (κ1) is 15.5. The molecule has 0 saturated carbocycles. The fraction of sp³-hybridized carbons (Fsp3) is 0. The first-order valence-corrected chi connectivity index (χ1v) is 7.61. The Kier molecular flexibility index (Phi) is 5.55. The zero-order valence-corrected chi connectivity index (χ0v) is 13.2. The number of benzene rings is 2. The summed E-state index contributed by atoms with van der Waals surface area (Å²) < 4.78 is 0. The highest BCUT2D eigenvalue weighted by Crippen LogP contribution is 2.36. The van der Waals surface area contributed by atoms with E-state index in [1.807, 2.05) is 30.3 Å². The smallest absolute Gasteiger partial charge is 0.245 e. The number of hydrogen-bond donors (Lipinski definition) is 0. The molecule has 2 rings (SSSR count). The summed E-state index contributed by atoms with van der Waals surface area (Å²) in [4.78, 5) is 12.7. The Bertz CT molecular complexity index is 668. The van der Waals surface area contributed by atoms with Crippen molar-refractivity contribution in [2.75, 3.05) is 0 Å². The van der Waals surface area contributed by atoms with Crippen molar-refractivity contribution in [1.29, 1.82) is 0 Å². The molecule has 0 saturated heterocycles. The lowest BCUT2D eigenvalue weighted by Crippen LogP contribution is -1.82. The highest BCUT2D eigenvalue weighted by Gasteiger charge is 2.06. The Balaban J connectivity index is 2.31. The topological polar surface area (TPSA) is 17.1 Å². The molecule has 2 aromatic carbocycles. The molecular weight excluding hydrogens is 335 g/mol. The molecule has 0 spiro atoms. The predicted molar refractivity (Wildman–Crippen MR) is 86.9 cm³/mol. The summed E-state index contributed by atoms with van der Waals surface area (Å²) in [5.41, 5.74) is 0.900. The van der Waals surface area contributed by atoms with Crippen LogP contribution in [0, 0.1) is 0 Å². The zero-order chi connectivity index (χ0) is 14.5. The average molecular weight is 344 g/mol. The standard InChI is InChI=1S/C15H9Cl3OS/c16-11-6-7-14(12(17)9-11)20-13-4-2-1-3-10(13)5-8-15(18)19/h1-9H/b8-5+. The molecule has 0 bridgehead atoms. The molecular formula is C15H9Cl3OS. The highest BCUT2D eigenvalue weighted by atomic mass is 35.5. The summed E-state index contributed by atoms with van der Waals surface area (Å²) in [7, 11) is 0. The van der Waals surface area contributed by atoms with Gasteiger partial charge in [-0.15, -0.1) is 0 Å². The van der Waals surface area contributed by atoms with Crippen LogP contribution in [0.3, 0.4) is 0 Å². The van der Waals surface area contributed by atoms with Gasteiger partial charge in [0.2, 0.25) is 5.24 Å². The van der Waals surface area contributed by atoms with Crippen molar-refractivity contribution in [2.24, 2.45) is 0 Å². The van der Waals surface area contributed by atoms with E-state index in [0.717, 1.165) is 15.4 Å². The zero-order valence-electron chi connectivity index (χ0n) is 10.1. The van der Waals surface area contributed by atoms with E-state index in [1.54, 1.807) is 18.2 Å². The Labute approximate surface area is 136 Å². The summed E-state index contributed by atoms with van der Waals surface area (Å²) in [5.74, 6) is 0. The summed E-state index contributed by atoms with van der Waals surface area (Å²) in [6.07, 6.45) is 3.01. The molecule has 20 heavy (non-hydrogen) atoms. The van der Waals surface area contributed by atoms with Gasteiger partial charge in [-0.1, -0.05) is 53.2 Å². The van der Waals surface area contributed by atoms with Crippen LogP contribution in [0.15, 0.2) is 58.3 Å². The van der Waals surface area contributed by atoms with Crippen LogP contribution in [0.4, 0.5) is 0 Å². The molecule has 1 nitrogen and oxygen atoms in total. The van der Waals surface area contributed by atoms with E-state index in [2.05, 4.69) is 0 Å². The van der Waals surface area contributed by atoms with Crippen LogP contribution >= 0.6 is 46.6 Å². The summed E-state index contributed by atoms with van der Waals surface area (Å²) in [6.45, 7) is 0. The Morgan fingerprint density at radius 2 is 1.80 bits per heavy atom. The van der Waals surface area contributed by atoms with Crippen molar-refractivity contribution in [3.8, 4) is 0 Å². The summed E-state index contributed by atoms with van der Waals surface area (Å²) >= 11 is 18.9. The molecule has 0 atom stereocenters. The van der Waals surface area contributed by atoms with E-state index in [1.165, 1.54) is 17.8 Å². The number of halogens is 3. The lowest BCUT2D eigenvalue weighted by Gasteiger charge is -2.07. The van der Waals surface area contributed by atoms with Crippen LogP contribution in [0.25, 0.3) is 6.08 Å². The highest BCUT2D eigenvalue weighted by molar-refractivity contribution is 7.99. The molecule has 2 aromatic rings. The first-order valence-electron chi connectivity index (χ1n) is 5.66. The molecule has 0 aliphatic heterocycles. The van der Waals surface area contributed by atoms with E-state index in [-0.39, 0.29) is 0 Å². The molecule has 0 unspecified atom stereocenters. The van der Waals surface area contributed by atoms with Crippen LogP contribution in [0.1, 0.15) is 5.56 Å². The number of carbonyl (C=O) groups is 1. The molecule has 0 amide bonds. The minimum Gasteiger partial charge on any atom is -0.276 e. The molecule has 0 heterocycles. The summed E-state index contributed by atoms with van der Waals surface area (Å²) in [6, 6.07) is 13.0. The molecule has 0 aliphatic carbocycles. The van der Waals surface area contributed by atoms with E-state index >= 15 is 0 Å². The largest absolute Gasteiger partial charge is 0.276 e.